The zero-order valence-electron chi connectivity index (χ0n) is 11.1. The molecule has 0 radical (unpaired) electrons. The topological polar surface area (TPSA) is 45.5 Å². The van der Waals surface area contributed by atoms with Crippen LogP contribution in [0.1, 0.15) is 23.7 Å². The van der Waals surface area contributed by atoms with Gasteiger partial charge in [0, 0.05) is 24.5 Å². The first kappa shape index (κ1) is 12.2. The number of amides is 1. The molecule has 4 heteroatoms. The molecule has 19 heavy (non-hydrogen) atoms. The fourth-order valence-electron chi connectivity index (χ4n) is 2.77. The lowest BCUT2D eigenvalue weighted by molar-refractivity contribution is 0.0705. The Labute approximate surface area is 112 Å². The van der Waals surface area contributed by atoms with Gasteiger partial charge in [-0.1, -0.05) is 18.2 Å². The molecule has 1 aromatic heterocycles. The minimum absolute atomic E-state index is 0.0705. The summed E-state index contributed by atoms with van der Waals surface area (Å²) in [5.41, 5.74) is 1.44. The molecule has 2 heterocycles. The molecular weight excluding hydrogens is 240 g/mol. The number of carbonyl (C=O) groups excluding carboxylic acids is 1. The van der Waals surface area contributed by atoms with Crippen LogP contribution in [0.5, 0.6) is 0 Å². The molecule has 0 spiro atoms. The number of hydrogen-bond donors (Lipinski definition) is 1. The van der Waals surface area contributed by atoms with Crippen molar-refractivity contribution >= 4 is 16.9 Å². The molecule has 1 N–H and O–H groups in total. The van der Waals surface area contributed by atoms with E-state index in [4.69, 9.17) is 4.42 Å². The van der Waals surface area contributed by atoms with Crippen LogP contribution in [-0.2, 0) is 0 Å². The zero-order chi connectivity index (χ0) is 13.2. The summed E-state index contributed by atoms with van der Waals surface area (Å²) in [5.74, 6) is 0.0705. The lowest BCUT2D eigenvalue weighted by atomic mass is 10.1. The third-order valence-electron chi connectivity index (χ3n) is 3.79. The Hall–Kier alpha value is -1.81. The number of carbonyl (C=O) groups is 1. The second-order valence-corrected chi connectivity index (χ2v) is 4.88. The summed E-state index contributed by atoms with van der Waals surface area (Å²) < 4.78 is 5.46. The largest absolute Gasteiger partial charge is 0.463 e. The first-order valence-corrected chi connectivity index (χ1v) is 6.79. The Balaban J connectivity index is 1.93. The van der Waals surface area contributed by atoms with E-state index in [1.165, 1.54) is 0 Å². The van der Waals surface area contributed by atoms with Crippen LogP contribution in [0.4, 0.5) is 0 Å². The highest BCUT2D eigenvalue weighted by Gasteiger charge is 2.27. The van der Waals surface area contributed by atoms with Crippen LogP contribution in [0, 0.1) is 0 Å². The van der Waals surface area contributed by atoms with Gasteiger partial charge >= 0.3 is 0 Å². The van der Waals surface area contributed by atoms with Gasteiger partial charge in [-0.15, -0.1) is 0 Å². The van der Waals surface area contributed by atoms with E-state index in [1.54, 1.807) is 6.26 Å². The molecule has 0 bridgehead atoms. The zero-order valence-corrected chi connectivity index (χ0v) is 11.1. The van der Waals surface area contributed by atoms with Crippen molar-refractivity contribution in [2.24, 2.45) is 0 Å². The van der Waals surface area contributed by atoms with Crippen LogP contribution >= 0.6 is 0 Å². The minimum Gasteiger partial charge on any atom is -0.463 e. The number of fused-ring (bicyclic) bond motifs is 1. The van der Waals surface area contributed by atoms with Crippen molar-refractivity contribution in [3.8, 4) is 0 Å². The number of para-hydroxylation sites is 1. The maximum absolute atomic E-state index is 12.7. The molecular formula is C15H18N2O2. The summed E-state index contributed by atoms with van der Waals surface area (Å²) in [4.78, 5) is 14.6. The Morgan fingerprint density at radius 1 is 1.47 bits per heavy atom. The van der Waals surface area contributed by atoms with Crippen molar-refractivity contribution in [2.45, 2.75) is 19.4 Å². The number of nitrogens with one attached hydrogen (secondary N) is 1. The molecule has 0 aliphatic carbocycles. The molecule has 1 atom stereocenters. The first-order valence-electron chi connectivity index (χ1n) is 6.79. The highest BCUT2D eigenvalue weighted by molar-refractivity contribution is 6.06. The molecule has 1 aromatic carbocycles. The minimum atomic E-state index is 0.0705. The Morgan fingerprint density at radius 2 is 2.32 bits per heavy atom. The summed E-state index contributed by atoms with van der Waals surface area (Å²) in [6, 6.07) is 7.97. The van der Waals surface area contributed by atoms with Crippen molar-refractivity contribution < 1.29 is 9.21 Å². The van der Waals surface area contributed by atoms with Gasteiger partial charge in [0.05, 0.1) is 5.56 Å². The smallest absolute Gasteiger partial charge is 0.258 e. The molecule has 4 nitrogen and oxygen atoms in total. The van der Waals surface area contributed by atoms with Gasteiger partial charge in [0.15, 0.2) is 0 Å². The quantitative estimate of drug-likeness (QED) is 0.918. The van der Waals surface area contributed by atoms with Gasteiger partial charge in [-0.2, -0.15) is 0 Å². The number of hydrogen-bond acceptors (Lipinski definition) is 3. The van der Waals surface area contributed by atoms with Crippen LogP contribution in [0.3, 0.4) is 0 Å². The van der Waals surface area contributed by atoms with Gasteiger partial charge in [-0.25, -0.2) is 0 Å². The summed E-state index contributed by atoms with van der Waals surface area (Å²) >= 11 is 0. The van der Waals surface area contributed by atoms with Gasteiger partial charge in [-0.3, -0.25) is 4.79 Å². The molecule has 2 aromatic rings. The highest BCUT2D eigenvalue weighted by Crippen LogP contribution is 2.23. The molecule has 1 saturated heterocycles. The van der Waals surface area contributed by atoms with Crippen LogP contribution in [0.15, 0.2) is 34.9 Å². The van der Waals surface area contributed by atoms with Crippen molar-refractivity contribution in [3.05, 3.63) is 36.1 Å². The lowest BCUT2D eigenvalue weighted by Gasteiger charge is -2.26. The van der Waals surface area contributed by atoms with E-state index >= 15 is 0 Å². The van der Waals surface area contributed by atoms with Crippen molar-refractivity contribution in [2.75, 3.05) is 19.6 Å². The molecule has 1 amide bonds. The van der Waals surface area contributed by atoms with E-state index in [0.717, 1.165) is 37.0 Å². The average Bonchev–Trinajstić information content (AvgIpc) is 3.08. The van der Waals surface area contributed by atoms with Gasteiger partial charge < -0.3 is 14.6 Å². The molecule has 1 fully saturated rings. The van der Waals surface area contributed by atoms with E-state index in [9.17, 15) is 4.79 Å². The van der Waals surface area contributed by atoms with Crippen LogP contribution in [0.2, 0.25) is 0 Å². The maximum Gasteiger partial charge on any atom is 0.258 e. The Kier molecular flexibility index (Phi) is 3.25. The molecule has 1 unspecified atom stereocenters. The van der Waals surface area contributed by atoms with Crippen LogP contribution < -0.4 is 5.32 Å². The lowest BCUT2D eigenvalue weighted by Crippen LogP contribution is -2.41. The standard InChI is InChI=1S/C15H18N2O2/c1-2-17(11-7-8-16-9-11)15(18)13-10-19-14-6-4-3-5-12(13)14/h3-6,10-11,16H,2,7-9H2,1H3. The number of nitrogens with zero attached hydrogens (tertiary/aromatic N) is 1. The van der Waals surface area contributed by atoms with Gasteiger partial charge in [-0.05, 0) is 26.0 Å². The molecule has 3 rings (SSSR count). The van der Waals surface area contributed by atoms with Crippen molar-refractivity contribution in [3.63, 3.8) is 0 Å². The van der Waals surface area contributed by atoms with Crippen molar-refractivity contribution in [1.82, 2.24) is 10.2 Å². The number of benzene rings is 1. The monoisotopic (exact) mass is 258 g/mol. The average molecular weight is 258 g/mol. The summed E-state index contributed by atoms with van der Waals surface area (Å²) in [6.45, 7) is 4.62. The number of likely N-dealkylation sites (N-methyl/N-ethyl adjacent to an activating group) is 1. The fourth-order valence-corrected chi connectivity index (χ4v) is 2.77. The third-order valence-corrected chi connectivity index (χ3v) is 3.79. The summed E-state index contributed by atoms with van der Waals surface area (Å²) in [6.07, 6.45) is 2.60. The van der Waals surface area contributed by atoms with E-state index in [2.05, 4.69) is 5.32 Å². The van der Waals surface area contributed by atoms with E-state index in [1.807, 2.05) is 36.1 Å². The normalized spacial score (nSPS) is 18.9. The van der Waals surface area contributed by atoms with Gasteiger partial charge in [0.1, 0.15) is 11.8 Å². The third kappa shape index (κ3) is 2.12. The summed E-state index contributed by atoms with van der Waals surface area (Å²) in [7, 11) is 0. The molecule has 100 valence electrons. The Morgan fingerprint density at radius 3 is 3.05 bits per heavy atom. The maximum atomic E-state index is 12.7. The van der Waals surface area contributed by atoms with E-state index in [0.29, 0.717) is 11.6 Å². The number of furan rings is 1. The fraction of sp³-hybridized carbons (Fsp3) is 0.400. The van der Waals surface area contributed by atoms with Crippen molar-refractivity contribution in [1.29, 1.82) is 0 Å². The Bertz CT molecular complexity index is 585. The summed E-state index contributed by atoms with van der Waals surface area (Å²) in [5, 5.41) is 4.21. The molecule has 1 aliphatic heterocycles. The number of rotatable bonds is 3. The predicted molar refractivity (Wildman–Crippen MR) is 74.2 cm³/mol. The van der Waals surface area contributed by atoms with Crippen LogP contribution in [-0.4, -0.2) is 36.5 Å². The second kappa shape index (κ2) is 5.05. The van der Waals surface area contributed by atoms with Gasteiger partial charge in [0.2, 0.25) is 0 Å². The highest BCUT2D eigenvalue weighted by atomic mass is 16.3. The van der Waals surface area contributed by atoms with Crippen LogP contribution in [0.25, 0.3) is 11.0 Å². The predicted octanol–water partition coefficient (Wildman–Crippen LogP) is 2.26. The second-order valence-electron chi connectivity index (χ2n) is 4.88. The van der Waals surface area contributed by atoms with Gasteiger partial charge in [0.25, 0.3) is 5.91 Å². The SMILES string of the molecule is CCN(C(=O)c1coc2ccccc12)C1CCNC1. The van der Waals surface area contributed by atoms with E-state index < -0.39 is 0 Å². The first-order chi connectivity index (χ1) is 9.31. The van der Waals surface area contributed by atoms with E-state index in [-0.39, 0.29) is 5.91 Å². The molecule has 1 aliphatic rings. The molecule has 0 saturated carbocycles.